The van der Waals surface area contributed by atoms with E-state index in [0.717, 1.165) is 21.5 Å². The summed E-state index contributed by atoms with van der Waals surface area (Å²) in [6, 6.07) is 14.2. The minimum atomic E-state index is 0.00542. The monoisotopic (exact) mass is 348 g/mol. The van der Waals surface area contributed by atoms with E-state index in [9.17, 15) is 0 Å². The van der Waals surface area contributed by atoms with Crippen molar-refractivity contribution in [2.45, 2.75) is 19.9 Å². The first-order valence-electron chi connectivity index (χ1n) is 7.10. The number of nitrogens with one attached hydrogen (secondary N) is 1. The SMILES string of the molecule is CCOc1ccccc1C(CN)Nc1cc(C)ccc1Br. The maximum absolute atomic E-state index is 5.97. The number of nitrogens with two attached hydrogens (primary N) is 1. The molecule has 21 heavy (non-hydrogen) atoms. The fourth-order valence-corrected chi connectivity index (χ4v) is 2.62. The Balaban J connectivity index is 2.30. The van der Waals surface area contributed by atoms with Crippen molar-refractivity contribution in [1.82, 2.24) is 0 Å². The number of rotatable bonds is 6. The van der Waals surface area contributed by atoms with E-state index in [1.807, 2.05) is 31.2 Å². The molecule has 0 radical (unpaired) electrons. The molecule has 2 rings (SSSR count). The van der Waals surface area contributed by atoms with Gasteiger partial charge in [-0.2, -0.15) is 0 Å². The largest absolute Gasteiger partial charge is 0.494 e. The van der Waals surface area contributed by atoms with Gasteiger partial charge in [-0.25, -0.2) is 0 Å². The Bertz CT molecular complexity index is 601. The minimum Gasteiger partial charge on any atom is -0.494 e. The third-order valence-electron chi connectivity index (χ3n) is 3.28. The van der Waals surface area contributed by atoms with Gasteiger partial charge in [0.25, 0.3) is 0 Å². The molecule has 2 aromatic carbocycles. The van der Waals surface area contributed by atoms with Crippen LogP contribution in [0.4, 0.5) is 5.69 Å². The van der Waals surface area contributed by atoms with Gasteiger partial charge in [0, 0.05) is 22.3 Å². The van der Waals surface area contributed by atoms with Crippen molar-refractivity contribution in [2.75, 3.05) is 18.5 Å². The lowest BCUT2D eigenvalue weighted by Crippen LogP contribution is -2.21. The van der Waals surface area contributed by atoms with Crippen LogP contribution in [0.3, 0.4) is 0 Å². The Morgan fingerprint density at radius 2 is 2.00 bits per heavy atom. The summed E-state index contributed by atoms with van der Waals surface area (Å²) in [7, 11) is 0. The second kappa shape index (κ2) is 7.48. The van der Waals surface area contributed by atoms with Gasteiger partial charge < -0.3 is 15.8 Å². The highest BCUT2D eigenvalue weighted by atomic mass is 79.9. The van der Waals surface area contributed by atoms with Crippen LogP contribution in [0.1, 0.15) is 24.1 Å². The molecule has 4 heteroatoms. The second-order valence-electron chi connectivity index (χ2n) is 4.89. The minimum absolute atomic E-state index is 0.00542. The predicted octanol–water partition coefficient (Wildman–Crippen LogP) is 4.27. The lowest BCUT2D eigenvalue weighted by Gasteiger charge is -2.22. The van der Waals surface area contributed by atoms with E-state index in [4.69, 9.17) is 10.5 Å². The Morgan fingerprint density at radius 3 is 2.71 bits per heavy atom. The smallest absolute Gasteiger partial charge is 0.124 e. The first-order chi connectivity index (χ1) is 10.2. The average molecular weight is 349 g/mol. The lowest BCUT2D eigenvalue weighted by molar-refractivity contribution is 0.335. The Morgan fingerprint density at radius 1 is 1.24 bits per heavy atom. The van der Waals surface area contributed by atoms with Gasteiger partial charge in [-0.3, -0.25) is 0 Å². The van der Waals surface area contributed by atoms with Gasteiger partial charge in [-0.15, -0.1) is 0 Å². The fraction of sp³-hybridized carbons (Fsp3) is 0.294. The molecule has 1 unspecified atom stereocenters. The molecule has 0 saturated carbocycles. The Labute approximate surface area is 134 Å². The second-order valence-corrected chi connectivity index (χ2v) is 5.74. The van der Waals surface area contributed by atoms with Crippen LogP contribution in [0.25, 0.3) is 0 Å². The molecule has 2 aromatic rings. The zero-order valence-electron chi connectivity index (χ0n) is 12.4. The molecule has 0 aliphatic carbocycles. The maximum Gasteiger partial charge on any atom is 0.124 e. The van der Waals surface area contributed by atoms with E-state index in [1.54, 1.807) is 0 Å². The van der Waals surface area contributed by atoms with Gasteiger partial charge in [0.2, 0.25) is 0 Å². The van der Waals surface area contributed by atoms with Crippen LogP contribution in [-0.4, -0.2) is 13.2 Å². The van der Waals surface area contributed by atoms with Crippen LogP contribution in [-0.2, 0) is 0 Å². The molecule has 0 spiro atoms. The van der Waals surface area contributed by atoms with Gasteiger partial charge in [0.1, 0.15) is 5.75 Å². The first-order valence-corrected chi connectivity index (χ1v) is 7.89. The van der Waals surface area contributed by atoms with Crippen molar-refractivity contribution in [3.8, 4) is 5.75 Å². The third kappa shape index (κ3) is 3.99. The molecule has 0 aliphatic rings. The van der Waals surface area contributed by atoms with E-state index in [2.05, 4.69) is 46.4 Å². The number of hydrogen-bond acceptors (Lipinski definition) is 3. The van der Waals surface area contributed by atoms with Crippen LogP contribution >= 0.6 is 15.9 Å². The number of benzene rings is 2. The molecule has 0 aliphatic heterocycles. The molecular formula is C17H21BrN2O. The van der Waals surface area contributed by atoms with E-state index < -0.39 is 0 Å². The quantitative estimate of drug-likeness (QED) is 0.819. The number of halogens is 1. The van der Waals surface area contributed by atoms with Crippen molar-refractivity contribution in [2.24, 2.45) is 5.73 Å². The maximum atomic E-state index is 5.97. The summed E-state index contributed by atoms with van der Waals surface area (Å²) in [5.41, 5.74) is 9.29. The molecule has 112 valence electrons. The van der Waals surface area contributed by atoms with Gasteiger partial charge in [0.15, 0.2) is 0 Å². The van der Waals surface area contributed by atoms with Gasteiger partial charge in [-0.05, 0) is 53.5 Å². The highest BCUT2D eigenvalue weighted by molar-refractivity contribution is 9.10. The van der Waals surface area contributed by atoms with Crippen molar-refractivity contribution >= 4 is 21.6 Å². The van der Waals surface area contributed by atoms with Crippen molar-refractivity contribution in [3.63, 3.8) is 0 Å². The van der Waals surface area contributed by atoms with Gasteiger partial charge in [-0.1, -0.05) is 24.3 Å². The normalized spacial score (nSPS) is 12.0. The Kier molecular flexibility index (Phi) is 5.65. The third-order valence-corrected chi connectivity index (χ3v) is 3.97. The van der Waals surface area contributed by atoms with Crippen molar-refractivity contribution < 1.29 is 4.74 Å². The molecule has 0 aromatic heterocycles. The summed E-state index contributed by atoms with van der Waals surface area (Å²) in [6.07, 6.45) is 0. The summed E-state index contributed by atoms with van der Waals surface area (Å²) in [5, 5.41) is 3.50. The molecule has 0 bridgehead atoms. The molecule has 1 atom stereocenters. The zero-order chi connectivity index (χ0) is 15.2. The first kappa shape index (κ1) is 15.9. The number of hydrogen-bond donors (Lipinski definition) is 2. The molecule has 0 heterocycles. The van der Waals surface area contributed by atoms with Gasteiger partial charge >= 0.3 is 0 Å². The van der Waals surface area contributed by atoms with E-state index in [1.165, 1.54) is 5.56 Å². The van der Waals surface area contributed by atoms with E-state index in [0.29, 0.717) is 13.2 Å². The summed E-state index contributed by atoms with van der Waals surface area (Å²) in [5.74, 6) is 0.881. The van der Waals surface area contributed by atoms with Crippen LogP contribution in [0, 0.1) is 6.92 Å². The number of ether oxygens (including phenoxy) is 1. The van der Waals surface area contributed by atoms with Crippen molar-refractivity contribution in [1.29, 1.82) is 0 Å². The lowest BCUT2D eigenvalue weighted by atomic mass is 10.0. The van der Waals surface area contributed by atoms with Crippen LogP contribution in [0.5, 0.6) is 5.75 Å². The summed E-state index contributed by atoms with van der Waals surface area (Å²) in [6.45, 7) is 5.19. The highest BCUT2D eigenvalue weighted by Crippen LogP contribution is 2.31. The van der Waals surface area contributed by atoms with Crippen LogP contribution in [0.2, 0.25) is 0 Å². The fourth-order valence-electron chi connectivity index (χ4n) is 2.26. The molecule has 3 nitrogen and oxygen atoms in total. The van der Waals surface area contributed by atoms with Crippen LogP contribution < -0.4 is 15.8 Å². The average Bonchev–Trinajstić information content (AvgIpc) is 2.49. The summed E-state index contributed by atoms with van der Waals surface area (Å²) >= 11 is 3.58. The van der Waals surface area contributed by atoms with Gasteiger partial charge in [0.05, 0.1) is 12.6 Å². The summed E-state index contributed by atoms with van der Waals surface area (Å²) in [4.78, 5) is 0. The molecule has 0 fully saturated rings. The standard InChI is InChI=1S/C17H21BrN2O/c1-3-21-17-7-5-4-6-13(17)16(11-19)20-15-10-12(2)8-9-14(15)18/h4-10,16,20H,3,11,19H2,1-2H3. The predicted molar refractivity (Wildman–Crippen MR) is 91.9 cm³/mol. The Hall–Kier alpha value is -1.52. The molecule has 0 amide bonds. The molecule has 0 saturated heterocycles. The number of anilines is 1. The van der Waals surface area contributed by atoms with Crippen LogP contribution in [0.15, 0.2) is 46.9 Å². The number of para-hydroxylation sites is 1. The molecule has 3 N–H and O–H groups in total. The highest BCUT2D eigenvalue weighted by Gasteiger charge is 2.15. The molecular weight excluding hydrogens is 328 g/mol. The van der Waals surface area contributed by atoms with E-state index in [-0.39, 0.29) is 6.04 Å². The number of aryl methyl sites for hydroxylation is 1. The van der Waals surface area contributed by atoms with Crippen molar-refractivity contribution in [3.05, 3.63) is 58.1 Å². The van der Waals surface area contributed by atoms with E-state index >= 15 is 0 Å². The topological polar surface area (TPSA) is 47.3 Å². The zero-order valence-corrected chi connectivity index (χ0v) is 14.0. The summed E-state index contributed by atoms with van der Waals surface area (Å²) < 4.78 is 6.73.